The van der Waals surface area contributed by atoms with Gasteiger partial charge in [0.15, 0.2) is 0 Å². The first-order chi connectivity index (χ1) is 7.47. The minimum absolute atomic E-state index is 0.177. The predicted octanol–water partition coefficient (Wildman–Crippen LogP) is 2.31. The van der Waals surface area contributed by atoms with Crippen LogP contribution in [0.4, 0.5) is 13.2 Å². The van der Waals surface area contributed by atoms with Gasteiger partial charge in [-0.25, -0.2) is 0 Å². The summed E-state index contributed by atoms with van der Waals surface area (Å²) in [6.45, 7) is 5.44. The van der Waals surface area contributed by atoms with Gasteiger partial charge in [-0.05, 0) is 37.8 Å². The van der Waals surface area contributed by atoms with Crippen LogP contribution in [0.5, 0.6) is 0 Å². The minimum atomic E-state index is -4.01. The molecular weight excluding hydrogens is 217 g/mol. The lowest BCUT2D eigenvalue weighted by Gasteiger charge is -2.27. The van der Waals surface area contributed by atoms with Crippen LogP contribution in [0.15, 0.2) is 0 Å². The number of halogens is 3. The van der Waals surface area contributed by atoms with E-state index in [1.165, 1.54) is 0 Å². The van der Waals surface area contributed by atoms with E-state index < -0.39 is 12.6 Å². The van der Waals surface area contributed by atoms with Crippen molar-refractivity contribution in [1.29, 1.82) is 0 Å². The summed E-state index contributed by atoms with van der Waals surface area (Å²) in [5.41, 5.74) is 0.262. The average Bonchev–Trinajstić information content (AvgIpc) is 2.65. The summed E-state index contributed by atoms with van der Waals surface area (Å²) in [5, 5.41) is 6.46. The van der Waals surface area contributed by atoms with Gasteiger partial charge in [-0.2, -0.15) is 13.2 Å². The molecule has 0 bridgehead atoms. The van der Waals surface area contributed by atoms with Crippen LogP contribution in [-0.4, -0.2) is 32.4 Å². The summed E-state index contributed by atoms with van der Waals surface area (Å²) in [6, 6.07) is 0. The molecular formula is C11H21F3N2. The maximum absolute atomic E-state index is 11.9. The van der Waals surface area contributed by atoms with Gasteiger partial charge in [0.1, 0.15) is 0 Å². The molecule has 5 heteroatoms. The summed E-state index contributed by atoms with van der Waals surface area (Å²) >= 11 is 0. The maximum Gasteiger partial charge on any atom is 0.389 e. The van der Waals surface area contributed by atoms with E-state index in [1.807, 2.05) is 0 Å². The third kappa shape index (κ3) is 4.70. The molecule has 0 aliphatic carbocycles. The van der Waals surface area contributed by atoms with E-state index in [-0.39, 0.29) is 11.8 Å². The van der Waals surface area contributed by atoms with Crippen LogP contribution in [-0.2, 0) is 0 Å². The molecule has 0 amide bonds. The van der Waals surface area contributed by atoms with Gasteiger partial charge in [-0.3, -0.25) is 0 Å². The van der Waals surface area contributed by atoms with Crippen LogP contribution >= 0.6 is 0 Å². The normalized spacial score (nSPS) is 26.2. The second kappa shape index (κ2) is 5.87. The molecule has 1 aliphatic rings. The van der Waals surface area contributed by atoms with E-state index in [0.717, 1.165) is 32.5 Å². The van der Waals surface area contributed by atoms with Crippen molar-refractivity contribution >= 4 is 0 Å². The van der Waals surface area contributed by atoms with Crippen molar-refractivity contribution in [2.45, 2.75) is 38.8 Å². The molecule has 0 aromatic rings. The van der Waals surface area contributed by atoms with Crippen molar-refractivity contribution in [1.82, 2.24) is 10.6 Å². The van der Waals surface area contributed by atoms with Crippen molar-refractivity contribution in [2.75, 3.05) is 26.2 Å². The fourth-order valence-electron chi connectivity index (χ4n) is 2.14. The van der Waals surface area contributed by atoms with Gasteiger partial charge in [-0.15, -0.1) is 0 Å². The Labute approximate surface area is 95.0 Å². The molecule has 0 saturated carbocycles. The van der Waals surface area contributed by atoms with Crippen LogP contribution in [0.1, 0.15) is 32.6 Å². The zero-order chi connectivity index (χ0) is 12.1. The third-order valence-corrected chi connectivity index (χ3v) is 3.40. The van der Waals surface area contributed by atoms with Crippen molar-refractivity contribution in [3.05, 3.63) is 0 Å². The standard InChI is InChI=1S/C11H21F3N2/c1-2-10(5-7-16-9-10)8-15-6-3-4-11(12,13)14/h15-16H,2-9H2,1H3. The first kappa shape index (κ1) is 13.8. The van der Waals surface area contributed by atoms with Crippen LogP contribution in [0.25, 0.3) is 0 Å². The zero-order valence-electron chi connectivity index (χ0n) is 9.79. The smallest absolute Gasteiger partial charge is 0.316 e. The molecule has 1 aliphatic heterocycles. The summed E-state index contributed by atoms with van der Waals surface area (Å²) in [4.78, 5) is 0. The lowest BCUT2D eigenvalue weighted by Crippen LogP contribution is -2.36. The Balaban J connectivity index is 2.10. The second-order valence-electron chi connectivity index (χ2n) is 4.68. The van der Waals surface area contributed by atoms with Crippen molar-refractivity contribution in [3.8, 4) is 0 Å². The molecule has 0 aromatic heterocycles. The van der Waals surface area contributed by atoms with Crippen LogP contribution in [0, 0.1) is 5.41 Å². The van der Waals surface area contributed by atoms with E-state index in [1.54, 1.807) is 0 Å². The van der Waals surface area contributed by atoms with E-state index in [0.29, 0.717) is 6.54 Å². The number of hydrogen-bond acceptors (Lipinski definition) is 2. The van der Waals surface area contributed by atoms with Gasteiger partial charge in [0, 0.05) is 19.5 Å². The lowest BCUT2D eigenvalue weighted by atomic mass is 9.84. The molecule has 1 atom stereocenters. The number of nitrogens with one attached hydrogen (secondary N) is 2. The number of rotatable bonds is 6. The number of hydrogen-bond donors (Lipinski definition) is 2. The molecule has 1 heterocycles. The highest BCUT2D eigenvalue weighted by molar-refractivity contribution is 4.88. The van der Waals surface area contributed by atoms with Gasteiger partial charge in [-0.1, -0.05) is 6.92 Å². The van der Waals surface area contributed by atoms with E-state index >= 15 is 0 Å². The van der Waals surface area contributed by atoms with Crippen molar-refractivity contribution in [3.63, 3.8) is 0 Å². The summed E-state index contributed by atoms with van der Waals surface area (Å²) in [5.74, 6) is 0. The Morgan fingerprint density at radius 2 is 2.12 bits per heavy atom. The SMILES string of the molecule is CCC1(CNCCCC(F)(F)F)CCNC1. The Kier molecular flexibility index (Phi) is 5.05. The topological polar surface area (TPSA) is 24.1 Å². The van der Waals surface area contributed by atoms with Gasteiger partial charge in [0.25, 0.3) is 0 Å². The highest BCUT2D eigenvalue weighted by Crippen LogP contribution is 2.28. The number of alkyl halides is 3. The van der Waals surface area contributed by atoms with Gasteiger partial charge in [0.05, 0.1) is 0 Å². The summed E-state index contributed by atoms with van der Waals surface area (Å²) < 4.78 is 35.7. The van der Waals surface area contributed by atoms with E-state index in [4.69, 9.17) is 0 Å². The molecule has 1 fully saturated rings. The van der Waals surface area contributed by atoms with Gasteiger partial charge < -0.3 is 10.6 Å². The first-order valence-electron chi connectivity index (χ1n) is 5.96. The van der Waals surface area contributed by atoms with Crippen molar-refractivity contribution in [2.24, 2.45) is 5.41 Å². The van der Waals surface area contributed by atoms with Gasteiger partial charge in [0.2, 0.25) is 0 Å². The predicted molar refractivity (Wildman–Crippen MR) is 58.4 cm³/mol. The molecule has 1 unspecified atom stereocenters. The highest BCUT2D eigenvalue weighted by Gasteiger charge is 2.31. The highest BCUT2D eigenvalue weighted by atomic mass is 19.4. The summed E-state index contributed by atoms with van der Waals surface area (Å²) in [6.07, 6.45) is -2.32. The molecule has 0 radical (unpaired) electrons. The molecule has 2 N–H and O–H groups in total. The fourth-order valence-corrected chi connectivity index (χ4v) is 2.14. The maximum atomic E-state index is 11.9. The molecule has 1 saturated heterocycles. The molecule has 96 valence electrons. The minimum Gasteiger partial charge on any atom is -0.316 e. The third-order valence-electron chi connectivity index (χ3n) is 3.40. The molecule has 16 heavy (non-hydrogen) atoms. The second-order valence-corrected chi connectivity index (χ2v) is 4.68. The van der Waals surface area contributed by atoms with E-state index in [2.05, 4.69) is 17.6 Å². The molecule has 0 aromatic carbocycles. The largest absolute Gasteiger partial charge is 0.389 e. The van der Waals surface area contributed by atoms with Crippen LogP contribution < -0.4 is 10.6 Å². The quantitative estimate of drug-likeness (QED) is 0.694. The summed E-state index contributed by atoms with van der Waals surface area (Å²) in [7, 11) is 0. The van der Waals surface area contributed by atoms with Gasteiger partial charge >= 0.3 is 6.18 Å². The fraction of sp³-hybridized carbons (Fsp3) is 1.00. The monoisotopic (exact) mass is 238 g/mol. The Morgan fingerprint density at radius 1 is 1.38 bits per heavy atom. The Bertz CT molecular complexity index is 198. The van der Waals surface area contributed by atoms with Crippen molar-refractivity contribution < 1.29 is 13.2 Å². The van der Waals surface area contributed by atoms with Crippen LogP contribution in [0.2, 0.25) is 0 Å². The average molecular weight is 238 g/mol. The zero-order valence-corrected chi connectivity index (χ0v) is 9.79. The molecule has 1 rings (SSSR count). The Hall–Kier alpha value is -0.290. The van der Waals surface area contributed by atoms with E-state index in [9.17, 15) is 13.2 Å². The first-order valence-corrected chi connectivity index (χ1v) is 5.96. The Morgan fingerprint density at radius 3 is 2.62 bits per heavy atom. The lowest BCUT2D eigenvalue weighted by molar-refractivity contribution is -0.135. The van der Waals surface area contributed by atoms with Crippen LogP contribution in [0.3, 0.4) is 0 Å². The molecule has 2 nitrogen and oxygen atoms in total. The molecule has 0 spiro atoms.